The number of hydrogen-bond acceptors (Lipinski definition) is 4. The van der Waals surface area contributed by atoms with E-state index in [-0.39, 0.29) is 28.5 Å². The Labute approximate surface area is 117 Å². The van der Waals surface area contributed by atoms with Gasteiger partial charge in [0.05, 0.1) is 6.10 Å². The highest BCUT2D eigenvalue weighted by atomic mass is 35.5. The number of carbonyl (C=O) groups is 1. The highest BCUT2D eigenvalue weighted by molar-refractivity contribution is 6.29. The smallest absolute Gasteiger partial charge is 0.339 e. The van der Waals surface area contributed by atoms with Gasteiger partial charge in [-0.25, -0.2) is 9.78 Å². The maximum atomic E-state index is 11.0. The molecule has 1 heterocycles. The molecule has 0 spiro atoms. The predicted molar refractivity (Wildman–Crippen MR) is 74.8 cm³/mol. The van der Waals surface area contributed by atoms with E-state index in [0.29, 0.717) is 6.42 Å². The van der Waals surface area contributed by atoms with Gasteiger partial charge >= 0.3 is 5.97 Å². The molecular weight excluding hydrogens is 268 g/mol. The van der Waals surface area contributed by atoms with Crippen LogP contribution in [0, 0.1) is 5.41 Å². The first kappa shape index (κ1) is 15.7. The minimum Gasteiger partial charge on any atom is -0.478 e. The van der Waals surface area contributed by atoms with Crippen molar-refractivity contribution in [3.8, 4) is 0 Å². The van der Waals surface area contributed by atoms with E-state index in [4.69, 9.17) is 16.7 Å². The predicted octanol–water partition coefficient (Wildman–Crippen LogP) is 2.64. The van der Waals surface area contributed by atoms with Gasteiger partial charge in [0.2, 0.25) is 0 Å². The fourth-order valence-electron chi connectivity index (χ4n) is 1.74. The lowest BCUT2D eigenvalue weighted by Gasteiger charge is -2.22. The molecule has 0 aliphatic heterocycles. The van der Waals surface area contributed by atoms with E-state index < -0.39 is 12.1 Å². The van der Waals surface area contributed by atoms with Crippen LogP contribution in [-0.4, -0.2) is 33.8 Å². The Morgan fingerprint density at radius 1 is 1.47 bits per heavy atom. The zero-order valence-corrected chi connectivity index (χ0v) is 12.0. The van der Waals surface area contributed by atoms with Crippen LogP contribution in [-0.2, 0) is 0 Å². The van der Waals surface area contributed by atoms with Gasteiger partial charge in [-0.05, 0) is 24.0 Å². The van der Waals surface area contributed by atoms with E-state index in [1.54, 1.807) is 0 Å². The van der Waals surface area contributed by atoms with Crippen molar-refractivity contribution in [3.63, 3.8) is 0 Å². The second-order valence-electron chi connectivity index (χ2n) is 5.63. The van der Waals surface area contributed by atoms with Gasteiger partial charge < -0.3 is 15.5 Å². The zero-order valence-electron chi connectivity index (χ0n) is 11.3. The van der Waals surface area contributed by atoms with Crippen LogP contribution in [0.3, 0.4) is 0 Å². The van der Waals surface area contributed by atoms with Crippen LogP contribution in [0.1, 0.15) is 37.6 Å². The van der Waals surface area contributed by atoms with Crippen molar-refractivity contribution < 1.29 is 15.0 Å². The Balaban J connectivity index is 2.72. The number of carboxylic acid groups (broad SMARTS) is 1. The average molecular weight is 287 g/mol. The summed E-state index contributed by atoms with van der Waals surface area (Å²) in [6.07, 6.45) is 0.0191. The van der Waals surface area contributed by atoms with E-state index >= 15 is 0 Å². The van der Waals surface area contributed by atoms with Crippen molar-refractivity contribution in [1.29, 1.82) is 0 Å². The number of pyridine rings is 1. The zero-order chi connectivity index (χ0) is 14.6. The second kappa shape index (κ2) is 6.21. The Morgan fingerprint density at radius 2 is 2.11 bits per heavy atom. The van der Waals surface area contributed by atoms with Crippen molar-refractivity contribution in [1.82, 2.24) is 4.98 Å². The first-order chi connectivity index (χ1) is 8.69. The van der Waals surface area contributed by atoms with Crippen molar-refractivity contribution in [2.45, 2.75) is 33.3 Å². The number of nitrogens with zero attached hydrogens (tertiary/aromatic N) is 1. The van der Waals surface area contributed by atoms with Gasteiger partial charge in [0, 0.05) is 6.54 Å². The summed E-state index contributed by atoms with van der Waals surface area (Å²) in [6, 6.07) is 2.80. The third-order valence-corrected chi connectivity index (χ3v) is 2.66. The van der Waals surface area contributed by atoms with Gasteiger partial charge in [0.1, 0.15) is 16.5 Å². The molecule has 1 rings (SSSR count). The average Bonchev–Trinajstić information content (AvgIpc) is 2.23. The normalized spacial score (nSPS) is 13.1. The molecule has 0 aromatic carbocycles. The first-order valence-corrected chi connectivity index (χ1v) is 6.38. The molecule has 0 saturated carbocycles. The van der Waals surface area contributed by atoms with Crippen LogP contribution in [0.15, 0.2) is 12.1 Å². The minimum atomic E-state index is -1.09. The van der Waals surface area contributed by atoms with Crippen molar-refractivity contribution in [2.24, 2.45) is 5.41 Å². The van der Waals surface area contributed by atoms with E-state index in [0.717, 1.165) is 0 Å². The van der Waals surface area contributed by atoms with Gasteiger partial charge in [-0.15, -0.1) is 0 Å². The second-order valence-corrected chi connectivity index (χ2v) is 6.02. The summed E-state index contributed by atoms with van der Waals surface area (Å²) in [5.74, 6) is -0.912. The van der Waals surface area contributed by atoms with Gasteiger partial charge in [-0.3, -0.25) is 0 Å². The molecule has 1 aromatic rings. The SMILES string of the molecule is CC(C)(C)CC(O)CNc1nc(Cl)ccc1C(=O)O. The molecule has 0 bridgehead atoms. The number of anilines is 1. The molecule has 0 aliphatic rings. The van der Waals surface area contributed by atoms with Gasteiger partial charge in [-0.2, -0.15) is 0 Å². The minimum absolute atomic E-state index is 0.00150. The molecule has 1 aromatic heterocycles. The van der Waals surface area contributed by atoms with Crippen LogP contribution in [0.4, 0.5) is 5.82 Å². The summed E-state index contributed by atoms with van der Waals surface area (Å²) in [4.78, 5) is 14.9. The molecule has 19 heavy (non-hydrogen) atoms. The van der Waals surface area contributed by atoms with Crippen LogP contribution in [0.5, 0.6) is 0 Å². The van der Waals surface area contributed by atoms with Crippen molar-refractivity contribution in [3.05, 3.63) is 22.8 Å². The van der Waals surface area contributed by atoms with Gasteiger partial charge in [0.15, 0.2) is 0 Å². The fraction of sp³-hybridized carbons (Fsp3) is 0.538. The Morgan fingerprint density at radius 3 is 2.63 bits per heavy atom. The number of hydrogen-bond donors (Lipinski definition) is 3. The molecule has 3 N–H and O–H groups in total. The van der Waals surface area contributed by atoms with E-state index in [2.05, 4.69) is 10.3 Å². The topological polar surface area (TPSA) is 82.5 Å². The maximum Gasteiger partial charge on any atom is 0.339 e. The third kappa shape index (κ3) is 5.44. The lowest BCUT2D eigenvalue weighted by molar-refractivity contribution is 0.0697. The summed E-state index contributed by atoms with van der Waals surface area (Å²) < 4.78 is 0. The molecule has 1 atom stereocenters. The lowest BCUT2D eigenvalue weighted by atomic mass is 9.89. The quantitative estimate of drug-likeness (QED) is 0.725. The van der Waals surface area contributed by atoms with Crippen LogP contribution in [0.2, 0.25) is 5.15 Å². The van der Waals surface area contributed by atoms with Gasteiger partial charge in [0.25, 0.3) is 0 Å². The standard InChI is InChI=1S/C13H19ClN2O3/c1-13(2,3)6-8(17)7-15-11-9(12(18)19)4-5-10(14)16-11/h4-5,8,17H,6-7H2,1-3H3,(H,15,16)(H,18,19). The van der Waals surface area contributed by atoms with Gasteiger partial charge in [-0.1, -0.05) is 32.4 Å². The molecule has 106 valence electrons. The number of halogens is 1. The van der Waals surface area contributed by atoms with Crippen LogP contribution >= 0.6 is 11.6 Å². The number of carboxylic acids is 1. The summed E-state index contributed by atoms with van der Waals surface area (Å²) in [5.41, 5.74) is 0.0331. The van der Waals surface area contributed by atoms with Crippen LogP contribution < -0.4 is 5.32 Å². The number of rotatable bonds is 5. The number of aliphatic hydroxyl groups is 1. The van der Waals surface area contributed by atoms with Crippen molar-refractivity contribution in [2.75, 3.05) is 11.9 Å². The van der Waals surface area contributed by atoms with Crippen LogP contribution in [0.25, 0.3) is 0 Å². The molecule has 6 heteroatoms. The summed E-state index contributed by atoms with van der Waals surface area (Å²) in [5, 5.41) is 21.9. The monoisotopic (exact) mass is 286 g/mol. The molecule has 0 fully saturated rings. The Kier molecular flexibility index (Phi) is 5.14. The fourth-order valence-corrected chi connectivity index (χ4v) is 1.88. The third-order valence-electron chi connectivity index (χ3n) is 2.44. The Hall–Kier alpha value is -1.33. The van der Waals surface area contributed by atoms with E-state index in [1.807, 2.05) is 20.8 Å². The molecule has 0 amide bonds. The number of aliphatic hydroxyl groups excluding tert-OH is 1. The van der Waals surface area contributed by atoms with E-state index in [9.17, 15) is 9.90 Å². The molecule has 1 unspecified atom stereocenters. The summed E-state index contributed by atoms with van der Waals surface area (Å²) in [6.45, 7) is 6.30. The molecule has 0 saturated heterocycles. The van der Waals surface area contributed by atoms with E-state index in [1.165, 1.54) is 12.1 Å². The lowest BCUT2D eigenvalue weighted by Crippen LogP contribution is -2.26. The summed E-state index contributed by atoms with van der Waals surface area (Å²) in [7, 11) is 0. The molecule has 0 radical (unpaired) electrons. The first-order valence-electron chi connectivity index (χ1n) is 6.01. The molecule has 0 aliphatic carbocycles. The number of nitrogens with one attached hydrogen (secondary N) is 1. The maximum absolute atomic E-state index is 11.0. The highest BCUT2D eigenvalue weighted by Gasteiger charge is 2.18. The Bertz CT molecular complexity index is 458. The summed E-state index contributed by atoms with van der Waals surface area (Å²) >= 11 is 5.74. The largest absolute Gasteiger partial charge is 0.478 e. The van der Waals surface area contributed by atoms with Crippen molar-refractivity contribution >= 4 is 23.4 Å². The number of aromatic carboxylic acids is 1. The molecule has 5 nitrogen and oxygen atoms in total. The number of aromatic nitrogens is 1. The molecular formula is C13H19ClN2O3. The highest BCUT2D eigenvalue weighted by Crippen LogP contribution is 2.21.